The first kappa shape index (κ1) is 30.1. The zero-order chi connectivity index (χ0) is 34.9. The van der Waals surface area contributed by atoms with Crippen molar-refractivity contribution in [3.05, 3.63) is 194 Å². The summed E-state index contributed by atoms with van der Waals surface area (Å²) < 4.78 is 2.66. The van der Waals surface area contributed by atoms with E-state index in [0.717, 1.165) is 0 Å². The highest BCUT2D eigenvalue weighted by molar-refractivity contribution is 7.25. The lowest BCUT2D eigenvalue weighted by molar-refractivity contribution is 1.59. The molecule has 0 radical (unpaired) electrons. The summed E-state index contributed by atoms with van der Waals surface area (Å²) in [4.78, 5) is 0. The first-order valence-corrected chi connectivity index (χ1v) is 19.1. The Morgan fingerprint density at radius 3 is 1.42 bits per heavy atom. The summed E-state index contributed by atoms with van der Waals surface area (Å²) in [7, 11) is 0. The number of rotatable bonds is 4. The predicted molar refractivity (Wildman–Crippen MR) is 231 cm³/mol. The molecule has 0 amide bonds. The SMILES string of the molecule is c1ccc(-c2cccc3ccccc23)c(-c2ccc(-c3c4ccccc4c(-c4ccc5sc6cc7ccccc7cc6c5c4)c4ccccc34)cc2)c1. The van der Waals surface area contributed by atoms with Gasteiger partial charge in [0.15, 0.2) is 0 Å². The van der Waals surface area contributed by atoms with Crippen molar-refractivity contribution in [3.8, 4) is 44.5 Å². The summed E-state index contributed by atoms with van der Waals surface area (Å²) in [5.74, 6) is 0. The number of fused-ring (bicyclic) bond motifs is 7. The van der Waals surface area contributed by atoms with Gasteiger partial charge in [0, 0.05) is 20.2 Å². The van der Waals surface area contributed by atoms with Crippen molar-refractivity contribution in [3.63, 3.8) is 0 Å². The quantitative estimate of drug-likeness (QED) is 0.162. The van der Waals surface area contributed by atoms with Gasteiger partial charge in [0.05, 0.1) is 0 Å². The van der Waals surface area contributed by atoms with Crippen molar-refractivity contribution in [2.45, 2.75) is 0 Å². The molecule has 1 aromatic heterocycles. The maximum absolute atomic E-state index is 2.43. The van der Waals surface area contributed by atoms with E-state index in [9.17, 15) is 0 Å². The summed E-state index contributed by atoms with van der Waals surface area (Å²) in [6, 6.07) is 71.7. The van der Waals surface area contributed by atoms with Gasteiger partial charge in [-0.1, -0.05) is 170 Å². The van der Waals surface area contributed by atoms with Crippen LogP contribution in [-0.4, -0.2) is 0 Å². The second-order valence-electron chi connectivity index (χ2n) is 14.0. The molecular weight excluding hydrogens is 657 g/mol. The molecule has 0 aliphatic heterocycles. The zero-order valence-electron chi connectivity index (χ0n) is 28.9. The largest absolute Gasteiger partial charge is 0.135 e. The van der Waals surface area contributed by atoms with Crippen LogP contribution in [0.4, 0.5) is 0 Å². The summed E-state index contributed by atoms with van der Waals surface area (Å²) >= 11 is 1.89. The fourth-order valence-corrected chi connectivity index (χ4v) is 9.73. The average Bonchev–Trinajstić information content (AvgIpc) is 3.58. The zero-order valence-corrected chi connectivity index (χ0v) is 29.7. The summed E-state index contributed by atoms with van der Waals surface area (Å²) in [6.45, 7) is 0. The Morgan fingerprint density at radius 1 is 0.245 bits per heavy atom. The molecule has 11 aromatic rings. The molecular formula is C52H32S. The van der Waals surface area contributed by atoms with Crippen LogP contribution < -0.4 is 0 Å². The molecule has 246 valence electrons. The summed E-state index contributed by atoms with van der Waals surface area (Å²) in [5, 5.41) is 12.9. The second-order valence-corrected chi connectivity index (χ2v) is 15.1. The van der Waals surface area contributed by atoms with Gasteiger partial charge in [-0.05, 0) is 112 Å². The highest BCUT2D eigenvalue weighted by Crippen LogP contribution is 2.46. The van der Waals surface area contributed by atoms with Gasteiger partial charge in [0.25, 0.3) is 0 Å². The Morgan fingerprint density at radius 2 is 0.717 bits per heavy atom. The van der Waals surface area contributed by atoms with Crippen molar-refractivity contribution in [1.82, 2.24) is 0 Å². The molecule has 0 aliphatic rings. The molecule has 0 bridgehead atoms. The minimum absolute atomic E-state index is 1.21. The number of hydrogen-bond acceptors (Lipinski definition) is 1. The Kier molecular flexibility index (Phi) is 6.83. The Labute approximate surface area is 311 Å². The van der Waals surface area contributed by atoms with Crippen LogP contribution in [0.25, 0.3) is 108 Å². The van der Waals surface area contributed by atoms with E-state index in [0.29, 0.717) is 0 Å². The average molecular weight is 689 g/mol. The van der Waals surface area contributed by atoms with Crippen molar-refractivity contribution in [1.29, 1.82) is 0 Å². The van der Waals surface area contributed by atoms with E-state index >= 15 is 0 Å². The van der Waals surface area contributed by atoms with Crippen LogP contribution in [0.1, 0.15) is 0 Å². The molecule has 0 unspecified atom stereocenters. The van der Waals surface area contributed by atoms with Crippen LogP contribution in [0.15, 0.2) is 194 Å². The third-order valence-corrected chi connectivity index (χ3v) is 12.2. The topological polar surface area (TPSA) is 0 Å². The molecule has 0 aliphatic carbocycles. The number of benzene rings is 10. The smallest absolute Gasteiger partial charge is 0.0361 e. The van der Waals surface area contributed by atoms with E-state index < -0.39 is 0 Å². The molecule has 10 aromatic carbocycles. The fraction of sp³-hybridized carbons (Fsp3) is 0. The van der Waals surface area contributed by atoms with Gasteiger partial charge >= 0.3 is 0 Å². The van der Waals surface area contributed by atoms with E-state index in [-0.39, 0.29) is 0 Å². The molecule has 53 heavy (non-hydrogen) atoms. The Balaban J connectivity index is 1.08. The van der Waals surface area contributed by atoms with Crippen LogP contribution in [0.3, 0.4) is 0 Å². The molecule has 11 rings (SSSR count). The monoisotopic (exact) mass is 688 g/mol. The van der Waals surface area contributed by atoms with Gasteiger partial charge in [-0.2, -0.15) is 0 Å². The highest BCUT2D eigenvalue weighted by atomic mass is 32.1. The van der Waals surface area contributed by atoms with Crippen LogP contribution in [-0.2, 0) is 0 Å². The molecule has 1 heterocycles. The lowest BCUT2D eigenvalue weighted by Gasteiger charge is -2.18. The molecule has 0 N–H and O–H groups in total. The third kappa shape index (κ3) is 4.82. The third-order valence-electron chi connectivity index (χ3n) is 11.0. The molecule has 1 heteroatoms. The first-order chi connectivity index (χ1) is 26.3. The molecule has 0 nitrogen and oxygen atoms in total. The predicted octanol–water partition coefficient (Wildman–Crippen LogP) is 15.3. The van der Waals surface area contributed by atoms with Crippen LogP contribution in [0, 0.1) is 0 Å². The van der Waals surface area contributed by atoms with Gasteiger partial charge < -0.3 is 0 Å². The molecule has 0 atom stereocenters. The Bertz CT molecular complexity index is 3150. The molecule has 0 saturated carbocycles. The van der Waals surface area contributed by atoms with Gasteiger partial charge in [-0.25, -0.2) is 0 Å². The van der Waals surface area contributed by atoms with Gasteiger partial charge in [0.2, 0.25) is 0 Å². The molecule has 0 spiro atoms. The normalized spacial score (nSPS) is 11.8. The highest BCUT2D eigenvalue weighted by Gasteiger charge is 2.18. The minimum atomic E-state index is 1.21. The lowest BCUT2D eigenvalue weighted by Crippen LogP contribution is -1.91. The molecule has 0 saturated heterocycles. The number of hydrogen-bond donors (Lipinski definition) is 0. The van der Waals surface area contributed by atoms with Gasteiger partial charge in [-0.3, -0.25) is 0 Å². The second kappa shape index (κ2) is 12.0. The maximum Gasteiger partial charge on any atom is 0.0361 e. The maximum atomic E-state index is 2.43. The van der Waals surface area contributed by atoms with Crippen molar-refractivity contribution < 1.29 is 0 Å². The minimum Gasteiger partial charge on any atom is -0.135 e. The van der Waals surface area contributed by atoms with Crippen LogP contribution in [0.2, 0.25) is 0 Å². The van der Waals surface area contributed by atoms with Crippen LogP contribution in [0.5, 0.6) is 0 Å². The van der Waals surface area contributed by atoms with Gasteiger partial charge in [0.1, 0.15) is 0 Å². The number of thiophene rings is 1. The van der Waals surface area contributed by atoms with E-state index in [1.165, 1.54) is 108 Å². The van der Waals surface area contributed by atoms with Crippen molar-refractivity contribution >= 4 is 74.6 Å². The fourth-order valence-electron chi connectivity index (χ4n) is 8.61. The molecule has 0 fully saturated rings. The Hall–Kier alpha value is -6.54. The van der Waals surface area contributed by atoms with E-state index in [2.05, 4.69) is 194 Å². The van der Waals surface area contributed by atoms with Crippen molar-refractivity contribution in [2.75, 3.05) is 0 Å². The lowest BCUT2D eigenvalue weighted by atomic mass is 9.85. The summed E-state index contributed by atoms with van der Waals surface area (Å²) in [5.41, 5.74) is 10.0. The first-order valence-electron chi connectivity index (χ1n) is 18.3. The van der Waals surface area contributed by atoms with Gasteiger partial charge in [-0.15, -0.1) is 11.3 Å². The van der Waals surface area contributed by atoms with Crippen molar-refractivity contribution in [2.24, 2.45) is 0 Å². The standard InChI is InChI=1S/C52H32S/c1-2-14-37-32-50-48(30-36(37)13-1)47-31-38(28-29-49(47)53-50)52-45-21-9-7-19-43(45)51(44-20-8-10-22-46(44)52)35-26-24-34(25-27-35)40-17-5-6-18-41(40)42-23-11-15-33-12-3-4-16-39(33)42/h1-32H. The van der Waals surface area contributed by atoms with E-state index in [4.69, 9.17) is 0 Å². The summed E-state index contributed by atoms with van der Waals surface area (Å²) in [6.07, 6.45) is 0. The van der Waals surface area contributed by atoms with E-state index in [1.807, 2.05) is 11.3 Å². The van der Waals surface area contributed by atoms with Crippen LogP contribution >= 0.6 is 11.3 Å². The van der Waals surface area contributed by atoms with E-state index in [1.54, 1.807) is 0 Å².